The van der Waals surface area contributed by atoms with Crippen LogP contribution in [0.15, 0.2) is 82.8 Å². The van der Waals surface area contributed by atoms with Crippen LogP contribution < -0.4 is 0 Å². The van der Waals surface area contributed by atoms with E-state index in [9.17, 15) is 22.0 Å². The molecule has 0 aliphatic carbocycles. The number of piperidine rings is 1. The maximum absolute atomic E-state index is 13.5. The summed E-state index contributed by atoms with van der Waals surface area (Å²) in [4.78, 5) is 23.1. The first-order chi connectivity index (χ1) is 18.2. The van der Waals surface area contributed by atoms with E-state index >= 15 is 0 Å². The summed E-state index contributed by atoms with van der Waals surface area (Å²) in [7, 11) is -1.06. The summed E-state index contributed by atoms with van der Waals surface area (Å²) in [6.45, 7) is 0.358. The molecule has 1 saturated heterocycles. The number of hydrogen-bond acceptors (Lipinski definition) is 6. The molecule has 4 rings (SSSR count). The van der Waals surface area contributed by atoms with Gasteiger partial charge in [-0.2, -0.15) is 4.31 Å². The molecule has 0 saturated carbocycles. The number of sulfonamides is 1. The van der Waals surface area contributed by atoms with Crippen molar-refractivity contribution in [1.29, 1.82) is 0 Å². The lowest BCUT2D eigenvalue weighted by molar-refractivity contribution is -0.0757. The third-order valence-corrected chi connectivity index (χ3v) is 8.11. The van der Waals surface area contributed by atoms with E-state index in [-0.39, 0.29) is 23.5 Å². The van der Waals surface area contributed by atoms with Crippen LogP contribution in [0.4, 0.5) is 8.78 Å². The van der Waals surface area contributed by atoms with Crippen LogP contribution in [0.1, 0.15) is 40.4 Å². The van der Waals surface area contributed by atoms with Gasteiger partial charge in [-0.1, -0.05) is 35.5 Å². The van der Waals surface area contributed by atoms with E-state index in [1.165, 1.54) is 67.0 Å². The third-order valence-electron chi connectivity index (χ3n) is 6.21. The molecule has 38 heavy (non-hydrogen) atoms. The summed E-state index contributed by atoms with van der Waals surface area (Å²) in [6, 6.07) is 17.3. The topological polar surface area (TPSA) is 88.5 Å². The first-order valence-corrected chi connectivity index (χ1v) is 13.3. The predicted octanol–water partition coefficient (Wildman–Crippen LogP) is 4.54. The van der Waals surface area contributed by atoms with E-state index in [1.807, 2.05) is 0 Å². The van der Waals surface area contributed by atoms with Crippen molar-refractivity contribution in [1.82, 2.24) is 9.37 Å². The van der Waals surface area contributed by atoms with Crippen molar-refractivity contribution in [3.8, 4) is 0 Å². The number of carbonyl (C=O) groups excluding carboxylic acids is 1. The van der Waals surface area contributed by atoms with Crippen molar-refractivity contribution >= 4 is 21.6 Å². The second-order valence-corrected chi connectivity index (χ2v) is 10.6. The van der Waals surface area contributed by atoms with Crippen LogP contribution in [0.5, 0.6) is 0 Å². The molecule has 0 bridgehead atoms. The van der Waals surface area contributed by atoms with Gasteiger partial charge in [-0.3, -0.25) is 9.63 Å². The second-order valence-electron chi connectivity index (χ2n) is 8.66. The lowest BCUT2D eigenvalue weighted by Crippen LogP contribution is -2.38. The number of oxime groups is 1. The highest BCUT2D eigenvalue weighted by atomic mass is 32.2. The highest BCUT2D eigenvalue weighted by Gasteiger charge is 2.29. The molecule has 1 fully saturated rings. The molecule has 1 heterocycles. The monoisotopic (exact) mass is 543 g/mol. The molecule has 3 aromatic carbocycles. The lowest BCUT2D eigenvalue weighted by atomic mass is 10.0. The molecular formula is C27H27F2N3O5S. The van der Waals surface area contributed by atoms with Crippen molar-refractivity contribution in [2.75, 3.05) is 27.2 Å². The molecule has 0 unspecified atom stereocenters. The van der Waals surface area contributed by atoms with Gasteiger partial charge in [0, 0.05) is 38.5 Å². The summed E-state index contributed by atoms with van der Waals surface area (Å²) in [5.41, 5.74) is 2.12. The Hall–Kier alpha value is -3.67. The zero-order chi connectivity index (χ0) is 27.3. The first-order valence-electron chi connectivity index (χ1n) is 11.8. The fourth-order valence-electron chi connectivity index (χ4n) is 4.00. The van der Waals surface area contributed by atoms with Gasteiger partial charge in [-0.25, -0.2) is 22.3 Å². The Morgan fingerprint density at radius 2 is 1.50 bits per heavy atom. The van der Waals surface area contributed by atoms with Crippen molar-refractivity contribution < 1.29 is 31.7 Å². The molecule has 0 aromatic heterocycles. The highest BCUT2D eigenvalue weighted by molar-refractivity contribution is 7.89. The summed E-state index contributed by atoms with van der Waals surface area (Å²) in [6.07, 6.45) is -0.0239. The molecular weight excluding hydrogens is 516 g/mol. The smallest absolute Gasteiger partial charge is 0.277 e. The van der Waals surface area contributed by atoms with E-state index in [0.717, 1.165) is 5.06 Å². The average Bonchev–Trinajstić information content (AvgIpc) is 2.94. The van der Waals surface area contributed by atoms with Crippen LogP contribution in [0.3, 0.4) is 0 Å². The Labute approximate surface area is 220 Å². The van der Waals surface area contributed by atoms with Gasteiger partial charge in [0.05, 0.1) is 17.7 Å². The van der Waals surface area contributed by atoms with Crippen molar-refractivity contribution in [2.45, 2.75) is 23.8 Å². The number of amides is 1. The van der Waals surface area contributed by atoms with Crippen molar-refractivity contribution in [3.63, 3.8) is 0 Å². The highest BCUT2D eigenvalue weighted by Crippen LogP contribution is 2.28. The number of carbonyl (C=O) groups is 1. The Kier molecular flexibility index (Phi) is 8.50. The molecule has 0 spiro atoms. The number of nitrogens with zero attached hydrogens (tertiary/aromatic N) is 3. The largest absolute Gasteiger partial charge is 0.383 e. The van der Waals surface area contributed by atoms with Gasteiger partial charge in [0.15, 0.2) is 6.10 Å². The maximum atomic E-state index is 13.5. The number of halogens is 2. The van der Waals surface area contributed by atoms with Crippen LogP contribution in [0, 0.1) is 11.6 Å². The van der Waals surface area contributed by atoms with Crippen LogP contribution in [-0.4, -0.2) is 56.7 Å². The average molecular weight is 544 g/mol. The minimum absolute atomic E-state index is 0.0113. The van der Waals surface area contributed by atoms with Gasteiger partial charge in [0.2, 0.25) is 10.0 Å². The summed E-state index contributed by atoms with van der Waals surface area (Å²) in [5.74, 6) is -1.26. The SMILES string of the molecule is CON(C)C(=O)c1cccc(S(=O)(=O)N2CCC(=NOC(c3ccc(F)cc3)c3ccc(F)cc3)CC2)c1. The Morgan fingerprint density at radius 3 is 2.03 bits per heavy atom. The van der Waals surface area contributed by atoms with Gasteiger partial charge in [-0.15, -0.1) is 0 Å². The zero-order valence-corrected chi connectivity index (χ0v) is 21.7. The van der Waals surface area contributed by atoms with E-state index in [4.69, 9.17) is 9.68 Å². The normalized spacial score (nSPS) is 14.4. The molecule has 0 N–H and O–H groups in total. The molecule has 200 valence electrons. The zero-order valence-electron chi connectivity index (χ0n) is 20.9. The predicted molar refractivity (Wildman–Crippen MR) is 137 cm³/mol. The number of rotatable bonds is 8. The van der Waals surface area contributed by atoms with Gasteiger partial charge in [-0.05, 0) is 53.6 Å². The molecule has 11 heteroatoms. The van der Waals surface area contributed by atoms with E-state index < -0.39 is 33.7 Å². The molecule has 1 aliphatic rings. The Morgan fingerprint density at radius 1 is 0.947 bits per heavy atom. The molecule has 3 aromatic rings. The number of hydroxylamine groups is 2. The van der Waals surface area contributed by atoms with Crippen LogP contribution in [0.25, 0.3) is 0 Å². The second kappa shape index (κ2) is 11.8. The standard InChI is InChI=1S/C27H27F2N3O5S/c1-31(36-2)27(33)21-4-3-5-25(18-21)38(34,35)32-16-14-24(15-17-32)30-37-26(19-6-10-22(28)11-7-19)20-8-12-23(29)13-9-20/h3-13,18,26H,14-17H2,1-2H3. The Bertz CT molecular complexity index is 1360. The van der Waals surface area contributed by atoms with Crippen molar-refractivity contribution in [2.24, 2.45) is 5.16 Å². The van der Waals surface area contributed by atoms with Crippen LogP contribution >= 0.6 is 0 Å². The minimum Gasteiger partial charge on any atom is -0.383 e. The molecule has 0 radical (unpaired) electrons. The summed E-state index contributed by atoms with van der Waals surface area (Å²) in [5, 5.41) is 5.29. The quantitative estimate of drug-likeness (QED) is 0.389. The Balaban J connectivity index is 1.47. The molecule has 0 atom stereocenters. The maximum Gasteiger partial charge on any atom is 0.277 e. The number of benzene rings is 3. The summed E-state index contributed by atoms with van der Waals surface area (Å²) < 4.78 is 54.7. The van der Waals surface area contributed by atoms with E-state index in [0.29, 0.717) is 29.7 Å². The lowest BCUT2D eigenvalue weighted by Gasteiger charge is -2.27. The van der Waals surface area contributed by atoms with Gasteiger partial charge >= 0.3 is 0 Å². The van der Waals surface area contributed by atoms with Gasteiger partial charge in [0.25, 0.3) is 5.91 Å². The van der Waals surface area contributed by atoms with Crippen LogP contribution in [0.2, 0.25) is 0 Å². The van der Waals surface area contributed by atoms with E-state index in [2.05, 4.69) is 5.16 Å². The fourth-order valence-corrected chi connectivity index (χ4v) is 5.48. The summed E-state index contributed by atoms with van der Waals surface area (Å²) >= 11 is 0. The minimum atomic E-state index is -3.84. The molecule has 1 aliphatic heterocycles. The van der Waals surface area contributed by atoms with E-state index in [1.54, 1.807) is 24.3 Å². The number of hydrogen-bond donors (Lipinski definition) is 0. The van der Waals surface area contributed by atoms with Crippen LogP contribution in [-0.2, 0) is 19.7 Å². The van der Waals surface area contributed by atoms with Gasteiger partial charge < -0.3 is 4.84 Å². The molecule has 8 nitrogen and oxygen atoms in total. The first kappa shape index (κ1) is 27.4. The van der Waals surface area contributed by atoms with Gasteiger partial charge in [0.1, 0.15) is 11.6 Å². The molecule has 1 amide bonds. The third kappa shape index (κ3) is 6.24. The van der Waals surface area contributed by atoms with Crippen molar-refractivity contribution in [3.05, 3.63) is 101 Å². The fraction of sp³-hybridized carbons (Fsp3) is 0.259.